The van der Waals surface area contributed by atoms with Crippen LogP contribution >= 0.6 is 22.9 Å². The van der Waals surface area contributed by atoms with Gasteiger partial charge >= 0.3 is 11.9 Å². The fourth-order valence-electron chi connectivity index (χ4n) is 6.00. The molecule has 0 N–H and O–H groups in total. The summed E-state index contributed by atoms with van der Waals surface area (Å²) in [6.45, 7) is 4.04. The van der Waals surface area contributed by atoms with Gasteiger partial charge in [-0.05, 0) is 73.0 Å². The molecule has 1 aliphatic rings. The van der Waals surface area contributed by atoms with E-state index < -0.39 is 18.0 Å². The summed E-state index contributed by atoms with van der Waals surface area (Å²) < 4.78 is 35.3. The average molecular weight is 769 g/mol. The SMILES string of the molecule is CCOC(=O)C1=C(c2ccccc2)N=c2s/c(=C\c3cc(Cl)c(OCc4ccc(C(=O)OCC)cc4)c(OC)c3)c(=O)n2[C@@H]1c1ccc(OC)c(OC)c1. The minimum absolute atomic E-state index is 0.123. The molecule has 0 saturated heterocycles. The molecule has 0 radical (unpaired) electrons. The third kappa shape index (κ3) is 7.75. The largest absolute Gasteiger partial charge is 0.493 e. The number of ether oxygens (including phenoxy) is 6. The molecule has 0 saturated carbocycles. The molecule has 1 aliphatic heterocycles. The zero-order valence-corrected chi connectivity index (χ0v) is 31.8. The van der Waals surface area contributed by atoms with Gasteiger partial charge in [0, 0.05) is 5.56 Å². The number of esters is 2. The van der Waals surface area contributed by atoms with Gasteiger partial charge in [0.2, 0.25) is 0 Å². The van der Waals surface area contributed by atoms with Crippen LogP contribution in [0.1, 0.15) is 52.5 Å². The van der Waals surface area contributed by atoms with Crippen LogP contribution in [0.2, 0.25) is 5.02 Å². The van der Waals surface area contributed by atoms with Crippen molar-refractivity contribution in [3.8, 4) is 23.0 Å². The van der Waals surface area contributed by atoms with Crippen LogP contribution in [0.4, 0.5) is 0 Å². The van der Waals surface area contributed by atoms with Crippen molar-refractivity contribution in [1.29, 1.82) is 0 Å². The topological polar surface area (TPSA) is 124 Å². The molecule has 6 rings (SSSR count). The van der Waals surface area contributed by atoms with Gasteiger partial charge in [0.25, 0.3) is 5.56 Å². The summed E-state index contributed by atoms with van der Waals surface area (Å²) in [6.07, 6.45) is 1.69. The number of rotatable bonds is 13. The average Bonchev–Trinajstić information content (AvgIpc) is 3.50. The lowest BCUT2D eigenvalue weighted by Crippen LogP contribution is -2.40. The molecule has 0 amide bonds. The number of aromatic nitrogens is 1. The molecule has 5 aromatic rings. The lowest BCUT2D eigenvalue weighted by Gasteiger charge is -2.26. The fourth-order valence-corrected chi connectivity index (χ4v) is 7.27. The van der Waals surface area contributed by atoms with Gasteiger partial charge in [0.15, 0.2) is 27.8 Å². The first-order chi connectivity index (χ1) is 26.2. The zero-order chi connectivity index (χ0) is 38.4. The van der Waals surface area contributed by atoms with Gasteiger partial charge in [-0.2, -0.15) is 0 Å². The first-order valence-corrected chi connectivity index (χ1v) is 18.2. The Morgan fingerprint density at radius 3 is 2.19 bits per heavy atom. The summed E-state index contributed by atoms with van der Waals surface area (Å²) in [6, 6.07) is 23.9. The van der Waals surface area contributed by atoms with Crippen molar-refractivity contribution in [2.75, 3.05) is 34.5 Å². The van der Waals surface area contributed by atoms with Gasteiger partial charge < -0.3 is 28.4 Å². The number of hydrogen-bond acceptors (Lipinski definition) is 11. The number of carbonyl (C=O) groups excluding carboxylic acids is 2. The Bertz CT molecular complexity index is 2400. The lowest BCUT2D eigenvalue weighted by atomic mass is 9.93. The summed E-state index contributed by atoms with van der Waals surface area (Å²) in [5.74, 6) is 0.581. The van der Waals surface area contributed by atoms with E-state index in [1.54, 1.807) is 74.5 Å². The Hall–Kier alpha value is -5.85. The number of fused-ring (bicyclic) bond motifs is 1. The minimum Gasteiger partial charge on any atom is -0.493 e. The van der Waals surface area contributed by atoms with Gasteiger partial charge in [-0.15, -0.1) is 0 Å². The first-order valence-electron chi connectivity index (χ1n) is 17.0. The Balaban J connectivity index is 1.44. The Morgan fingerprint density at radius 1 is 0.833 bits per heavy atom. The van der Waals surface area contributed by atoms with Crippen LogP contribution in [0, 0.1) is 0 Å². The van der Waals surface area contributed by atoms with E-state index in [2.05, 4.69) is 0 Å². The molecule has 54 heavy (non-hydrogen) atoms. The monoisotopic (exact) mass is 768 g/mol. The van der Waals surface area contributed by atoms with Crippen molar-refractivity contribution in [1.82, 2.24) is 4.57 Å². The third-order valence-electron chi connectivity index (χ3n) is 8.49. The summed E-state index contributed by atoms with van der Waals surface area (Å²) in [4.78, 5) is 45.6. The van der Waals surface area contributed by atoms with Gasteiger partial charge in [0.05, 0.1) is 67.0 Å². The maximum Gasteiger partial charge on any atom is 0.338 e. The van der Waals surface area contributed by atoms with Crippen molar-refractivity contribution in [3.05, 3.63) is 143 Å². The van der Waals surface area contributed by atoms with Crippen LogP contribution in [-0.4, -0.2) is 51.0 Å². The maximum atomic E-state index is 14.5. The molecule has 11 nitrogen and oxygen atoms in total. The van der Waals surface area contributed by atoms with Gasteiger partial charge in [-0.25, -0.2) is 14.6 Å². The maximum absolute atomic E-state index is 14.5. The highest BCUT2D eigenvalue weighted by atomic mass is 35.5. The van der Waals surface area contributed by atoms with E-state index in [0.29, 0.717) is 60.3 Å². The molecule has 1 aromatic heterocycles. The Kier molecular flexibility index (Phi) is 11.8. The molecule has 2 heterocycles. The van der Waals surface area contributed by atoms with Crippen LogP contribution in [0.5, 0.6) is 23.0 Å². The van der Waals surface area contributed by atoms with Gasteiger partial charge in [-0.3, -0.25) is 9.36 Å². The predicted octanol–water partition coefficient (Wildman–Crippen LogP) is 6.37. The molecular weight excluding hydrogens is 732 g/mol. The normalized spacial score (nSPS) is 13.8. The second-order valence-electron chi connectivity index (χ2n) is 11.8. The Morgan fingerprint density at radius 2 is 1.52 bits per heavy atom. The molecule has 13 heteroatoms. The van der Waals surface area contributed by atoms with E-state index in [0.717, 1.165) is 5.56 Å². The molecule has 1 atom stereocenters. The second kappa shape index (κ2) is 16.9. The molecule has 0 spiro atoms. The standard InChI is InChI=1S/C41H37ClN2O9S/c1-6-51-39(46)27-15-13-24(14-16-27)23-53-37-29(42)19-25(20-32(37)50-5)21-33-38(45)44-36(28-17-18-30(48-3)31(22-28)49-4)34(40(47)52-7-2)35(43-41(44)54-33)26-11-9-8-10-12-26/h8-22,36H,6-7,23H2,1-5H3/b33-21-/t36-/m1/s1. The number of thiazole rings is 1. The number of halogens is 1. The first kappa shape index (κ1) is 37.9. The van der Waals surface area contributed by atoms with Crippen LogP contribution < -0.4 is 33.8 Å². The van der Waals surface area contributed by atoms with Crippen molar-refractivity contribution >= 4 is 46.6 Å². The molecule has 0 fully saturated rings. The highest BCUT2D eigenvalue weighted by Gasteiger charge is 2.35. The number of nitrogens with zero attached hydrogens (tertiary/aromatic N) is 2. The van der Waals surface area contributed by atoms with Crippen LogP contribution in [0.3, 0.4) is 0 Å². The summed E-state index contributed by atoms with van der Waals surface area (Å²) in [5.41, 5.74) is 3.30. The minimum atomic E-state index is -0.919. The van der Waals surface area contributed by atoms with E-state index >= 15 is 0 Å². The Labute approximate surface area is 320 Å². The number of benzene rings is 4. The highest BCUT2D eigenvalue weighted by molar-refractivity contribution is 7.07. The van der Waals surface area contributed by atoms with Crippen molar-refractivity contribution in [2.45, 2.75) is 26.5 Å². The van der Waals surface area contributed by atoms with E-state index in [4.69, 9.17) is 45.0 Å². The fraction of sp³-hybridized carbons (Fsp3) is 0.220. The van der Waals surface area contributed by atoms with Crippen molar-refractivity contribution < 1.29 is 38.0 Å². The number of methoxy groups -OCH3 is 3. The van der Waals surface area contributed by atoms with Crippen LogP contribution in [-0.2, 0) is 20.9 Å². The third-order valence-corrected chi connectivity index (χ3v) is 9.76. The smallest absolute Gasteiger partial charge is 0.338 e. The number of carbonyl (C=O) groups is 2. The number of hydrogen-bond donors (Lipinski definition) is 0. The van der Waals surface area contributed by atoms with Crippen LogP contribution in [0.25, 0.3) is 11.8 Å². The summed E-state index contributed by atoms with van der Waals surface area (Å²) in [5, 5.41) is 0.260. The highest BCUT2D eigenvalue weighted by Crippen LogP contribution is 2.39. The van der Waals surface area contributed by atoms with Crippen molar-refractivity contribution in [2.24, 2.45) is 4.99 Å². The van der Waals surface area contributed by atoms with Crippen molar-refractivity contribution in [3.63, 3.8) is 0 Å². The summed E-state index contributed by atoms with van der Waals surface area (Å²) >= 11 is 7.92. The molecule has 0 unspecified atom stereocenters. The molecular formula is C41H37ClN2O9S. The van der Waals surface area contributed by atoms with E-state index in [1.807, 2.05) is 30.3 Å². The van der Waals surface area contributed by atoms with E-state index in [9.17, 15) is 14.4 Å². The zero-order valence-electron chi connectivity index (χ0n) is 30.2. The lowest BCUT2D eigenvalue weighted by molar-refractivity contribution is -0.138. The second-order valence-corrected chi connectivity index (χ2v) is 13.2. The quantitative estimate of drug-likeness (QED) is 0.126. The summed E-state index contributed by atoms with van der Waals surface area (Å²) in [7, 11) is 4.55. The predicted molar refractivity (Wildman–Crippen MR) is 205 cm³/mol. The molecule has 0 bridgehead atoms. The van der Waals surface area contributed by atoms with E-state index in [-0.39, 0.29) is 36.0 Å². The molecule has 278 valence electrons. The molecule has 4 aromatic carbocycles. The van der Waals surface area contributed by atoms with Gasteiger partial charge in [0.1, 0.15) is 6.61 Å². The van der Waals surface area contributed by atoms with Gasteiger partial charge in [-0.1, -0.05) is 71.5 Å². The molecule has 0 aliphatic carbocycles. The van der Waals surface area contributed by atoms with E-state index in [1.165, 1.54) is 37.2 Å². The van der Waals surface area contributed by atoms with Crippen LogP contribution in [0.15, 0.2) is 100 Å².